The van der Waals surface area contributed by atoms with Crippen LogP contribution in [-0.4, -0.2) is 409 Å². The maximum Gasteiger partial charge on any atom is 0.333 e. The summed E-state index contributed by atoms with van der Waals surface area (Å²) in [6.07, 6.45) is 10.7. The largest absolute Gasteiger partial charge is 0.462 e. The minimum absolute atomic E-state index is 0.0326. The van der Waals surface area contributed by atoms with E-state index < -0.39 is 54.0 Å². The van der Waals surface area contributed by atoms with Crippen LogP contribution in [0.2, 0.25) is 0 Å². The van der Waals surface area contributed by atoms with Crippen LogP contribution in [0.1, 0.15) is 141 Å². The molecule has 0 amide bonds. The summed E-state index contributed by atoms with van der Waals surface area (Å²) in [5.41, 5.74) is 2.58. The van der Waals surface area contributed by atoms with Crippen LogP contribution in [0.15, 0.2) is 123 Å². The Morgan fingerprint density at radius 3 is 0.708 bits per heavy atom. The van der Waals surface area contributed by atoms with Crippen LogP contribution in [0.4, 0.5) is 0 Å². The molecule has 0 heterocycles. The number of carbonyl (C=O) groups is 10. The quantitative estimate of drug-likeness (QED) is 0.0191. The van der Waals surface area contributed by atoms with Crippen LogP contribution in [0.25, 0.3) is 0 Å². The lowest BCUT2D eigenvalue weighted by Crippen LogP contribution is -2.26. The Balaban J connectivity index is -0.000000258. The average molecular weight is 2080 g/mol. The van der Waals surface area contributed by atoms with Crippen molar-refractivity contribution in [2.24, 2.45) is 5.92 Å². The average Bonchev–Trinajstić information content (AvgIpc) is 0.981. The van der Waals surface area contributed by atoms with E-state index in [2.05, 4.69) is 93.8 Å². The molecule has 0 aliphatic carbocycles. The predicted octanol–water partition coefficient (Wildman–Crippen LogP) is 9.14. The van der Waals surface area contributed by atoms with Gasteiger partial charge in [0.25, 0.3) is 0 Å². The third-order valence-corrected chi connectivity index (χ3v) is 15.8. The van der Waals surface area contributed by atoms with Gasteiger partial charge in [-0.05, 0) is 108 Å². The van der Waals surface area contributed by atoms with Gasteiger partial charge >= 0.3 is 59.7 Å². The summed E-state index contributed by atoms with van der Waals surface area (Å²) in [6.45, 7) is 73.4. The molecule has 0 rings (SSSR count). The van der Waals surface area contributed by atoms with Crippen molar-refractivity contribution in [3.63, 3.8) is 0 Å². The van der Waals surface area contributed by atoms with Gasteiger partial charge in [-0.2, -0.15) is 0 Å². The lowest BCUT2D eigenvalue weighted by atomic mass is 9.97. The number of unbranched alkanes of at least 4 members (excludes halogenated alkanes) is 3. The van der Waals surface area contributed by atoms with Crippen molar-refractivity contribution in [1.29, 1.82) is 0 Å². The zero-order valence-corrected chi connectivity index (χ0v) is 89.0. The fourth-order valence-electron chi connectivity index (χ4n) is 8.37. The summed E-state index contributed by atoms with van der Waals surface area (Å²) in [5.74, 6) is -3.68. The first-order valence-corrected chi connectivity index (χ1v) is 47.9. The Hall–Kier alpha value is -8.78. The van der Waals surface area contributed by atoms with E-state index in [0.717, 1.165) is 25.0 Å². The fraction of sp³-hybridized carbons (Fsp3) is 0.706. The van der Waals surface area contributed by atoms with Crippen LogP contribution in [0.3, 0.4) is 0 Å². The molecule has 144 heavy (non-hydrogen) atoms. The number of hydrogen-bond donors (Lipinski definition) is 4. The van der Waals surface area contributed by atoms with Crippen molar-refractivity contribution >= 4 is 59.7 Å². The lowest BCUT2D eigenvalue weighted by Gasteiger charge is -2.18. The first kappa shape index (κ1) is 151. The molecule has 42 nitrogen and oxygen atoms in total. The van der Waals surface area contributed by atoms with Gasteiger partial charge in [0.2, 0.25) is 0 Å². The van der Waals surface area contributed by atoms with Crippen molar-refractivity contribution in [2.45, 2.75) is 166 Å². The molecule has 0 saturated carbocycles. The van der Waals surface area contributed by atoms with Gasteiger partial charge in [-0.1, -0.05) is 105 Å². The molecule has 5 unspecified atom stereocenters. The molecule has 4 N–H and O–H groups in total. The van der Waals surface area contributed by atoms with E-state index >= 15 is 0 Å². The molecule has 0 aliphatic rings. The van der Waals surface area contributed by atoms with E-state index in [4.69, 9.17) is 134 Å². The number of esters is 10. The van der Waals surface area contributed by atoms with Crippen LogP contribution < -0.4 is 0 Å². The second-order valence-electron chi connectivity index (χ2n) is 30.4. The lowest BCUT2D eigenvalue weighted by molar-refractivity contribution is -0.142. The second-order valence-corrected chi connectivity index (χ2v) is 30.4. The zero-order valence-electron chi connectivity index (χ0n) is 89.0. The third kappa shape index (κ3) is 133. The Bertz CT molecular complexity index is 3170. The molecule has 0 aromatic rings. The normalized spacial score (nSPS) is 11.3. The first-order valence-electron chi connectivity index (χ1n) is 47.9. The fourth-order valence-corrected chi connectivity index (χ4v) is 8.37. The van der Waals surface area contributed by atoms with Gasteiger partial charge < -0.3 is 153 Å². The third-order valence-electron chi connectivity index (χ3n) is 15.8. The van der Waals surface area contributed by atoms with Gasteiger partial charge in [0.05, 0.1) is 275 Å². The predicted molar refractivity (Wildman–Crippen MR) is 538 cm³/mol. The van der Waals surface area contributed by atoms with Crippen molar-refractivity contribution in [2.75, 3.05) is 304 Å². The molecule has 0 aromatic heterocycles. The molecule has 5 atom stereocenters. The van der Waals surface area contributed by atoms with Crippen LogP contribution in [0, 0.1) is 5.92 Å². The van der Waals surface area contributed by atoms with Crippen LogP contribution in [-0.2, 0) is 181 Å². The highest BCUT2D eigenvalue weighted by molar-refractivity contribution is 5.89. The van der Waals surface area contributed by atoms with E-state index in [1.807, 2.05) is 13.8 Å². The molecule has 0 aliphatic heterocycles. The number of rotatable bonds is 88. The second kappa shape index (κ2) is 119. The molecular weight excluding hydrogens is 1900 g/mol. The number of hydrogen-bond acceptors (Lipinski definition) is 42. The molecule has 0 spiro atoms. The van der Waals surface area contributed by atoms with Crippen LogP contribution >= 0.6 is 0 Å². The number of aliphatic hydroxyl groups excluding tert-OH is 4. The molecule has 42 heteroatoms. The van der Waals surface area contributed by atoms with E-state index in [0.29, 0.717) is 296 Å². The van der Waals surface area contributed by atoms with Gasteiger partial charge in [-0.3, -0.25) is 0 Å². The molecule has 0 radical (unpaired) electrons. The molecular formula is C102H180O42. The summed E-state index contributed by atoms with van der Waals surface area (Å²) in [4.78, 5) is 108. The highest BCUT2D eigenvalue weighted by Gasteiger charge is 2.14. The van der Waals surface area contributed by atoms with Gasteiger partial charge in [-0.15, -0.1) is 0 Å². The summed E-state index contributed by atoms with van der Waals surface area (Å²) in [6, 6.07) is 0. The summed E-state index contributed by atoms with van der Waals surface area (Å²) >= 11 is 0. The molecule has 0 aromatic carbocycles. The maximum absolute atomic E-state index is 11.2. The Morgan fingerprint density at radius 1 is 0.243 bits per heavy atom. The van der Waals surface area contributed by atoms with Crippen LogP contribution in [0.5, 0.6) is 0 Å². The smallest absolute Gasteiger partial charge is 0.333 e. The first-order chi connectivity index (χ1) is 68.8. The number of methoxy groups -OCH3 is 1. The highest BCUT2D eigenvalue weighted by atomic mass is 16.6. The SMILES string of the molecule is C=C(C)C(=O)OCCCCOC(=O)C(=C)C.C=C(C)C(=O)OCCO.C=C(C)C(=O)OCCOCCOCCOC(=O)C(=C)C.C=C(C)C(=O)OCCOCCOCCOCCOCCOCCOCC(C)OCC(C)OCC(C)O.C=C(C)C(=O)OCCOCCOCCOCCOCCOCCOCCOCCOC.C=CC(=O)OCC(C)O.C=CC(=O)OCC(CCC)CCCCC.C=CC(=O)OCCO. The maximum atomic E-state index is 11.2. The molecule has 0 bridgehead atoms. The number of aliphatic hydroxyl groups is 4. The van der Waals surface area contributed by atoms with E-state index in [-0.39, 0.29) is 89.6 Å². The minimum Gasteiger partial charge on any atom is -0.462 e. The summed E-state index contributed by atoms with van der Waals surface area (Å²) in [7, 11) is 1.64. The van der Waals surface area contributed by atoms with Gasteiger partial charge in [0.1, 0.15) is 46.2 Å². The molecule has 0 saturated heterocycles. The van der Waals surface area contributed by atoms with E-state index in [1.54, 1.807) is 62.5 Å². The Morgan fingerprint density at radius 2 is 0.465 bits per heavy atom. The topological polar surface area (TPSA) is 510 Å². The number of carbonyl (C=O) groups excluding carboxylic acids is 10. The van der Waals surface area contributed by atoms with Gasteiger partial charge in [-0.25, -0.2) is 47.9 Å². The summed E-state index contributed by atoms with van der Waals surface area (Å²) < 4.78 is 144. The minimum atomic E-state index is -0.603. The number of ether oxygens (including phenoxy) is 28. The van der Waals surface area contributed by atoms with Crippen molar-refractivity contribution in [3.05, 3.63) is 123 Å². The van der Waals surface area contributed by atoms with Gasteiger partial charge in [0, 0.05) is 64.3 Å². The zero-order chi connectivity index (χ0) is 110. The molecule has 0 fully saturated rings. The Kier molecular flexibility index (Phi) is 125. The summed E-state index contributed by atoms with van der Waals surface area (Å²) in [5, 5.41) is 34.1. The van der Waals surface area contributed by atoms with Crippen molar-refractivity contribution in [1.82, 2.24) is 0 Å². The molecule has 840 valence electrons. The standard InChI is InChI=1S/C25H48O11.C21H40O10.C14H22O6.C13H24O2.C12H18O4.2C6H10O3.C5H8O3/c1-21(2)25(27)34-17-16-32-13-12-30-9-8-28-6-7-29-10-11-31-14-15-33-19-23(4)36-20-24(5)35-18-22(3)26;1-20(2)21(22)31-19-18-30-17-16-29-15-14-28-13-12-27-11-10-26-9-8-25-7-6-24-5-4-23-3;1-11(2)13(15)19-9-7-17-5-6-18-8-10-20-14(16)12(3)4;1-4-7-8-10-12(9-5-2)11-15-13(14)6-3;1-9(2)11(13)15-7-5-6-8-16-12(14)10(3)4;1-5(2)6(8)9-4-3-7;1-3-6(8)9-4-5(2)7;1-2-5(7)8-4-3-6/h22-24,26H,1,6-20H2,2-5H3;1,4-19H2,2-3H3;1,3,5-10H2,2,4H3;6,12H,3-5,7-11H2,1-2H3;1,3,5-8H2,2,4H3;7H,1,3-4H2,2H3;3,5,7H,1,4H2,2H3;2,6H,1,3-4H2. The van der Waals surface area contributed by atoms with E-state index in [1.165, 1.54) is 38.7 Å². The van der Waals surface area contributed by atoms with Crippen molar-refractivity contribution < 1.29 is 201 Å². The Labute approximate surface area is 856 Å². The monoisotopic (exact) mass is 2080 g/mol. The van der Waals surface area contributed by atoms with Gasteiger partial charge in [0.15, 0.2) is 0 Å². The highest BCUT2D eigenvalue weighted by Crippen LogP contribution is 2.16. The van der Waals surface area contributed by atoms with Crippen molar-refractivity contribution in [3.8, 4) is 0 Å². The van der Waals surface area contributed by atoms with E-state index in [9.17, 15) is 53.1 Å².